The van der Waals surface area contributed by atoms with Crippen LogP contribution in [0.2, 0.25) is 0 Å². The van der Waals surface area contributed by atoms with Gasteiger partial charge in [0.15, 0.2) is 5.78 Å². The van der Waals surface area contributed by atoms with E-state index in [2.05, 4.69) is 45.9 Å². The van der Waals surface area contributed by atoms with Crippen LogP contribution in [0.4, 0.5) is 0 Å². The smallest absolute Gasteiger partial charge is 0.155 e. The first kappa shape index (κ1) is 27.1. The molecule has 0 spiro atoms. The Labute approximate surface area is 197 Å². The second-order valence-electron chi connectivity index (χ2n) is 9.57. The van der Waals surface area contributed by atoms with E-state index >= 15 is 0 Å². The fourth-order valence-electron chi connectivity index (χ4n) is 5.01. The van der Waals surface area contributed by atoms with Gasteiger partial charge in [0.2, 0.25) is 0 Å². The van der Waals surface area contributed by atoms with Crippen LogP contribution in [0.15, 0.2) is 24.0 Å². The maximum atomic E-state index is 10.0. The maximum absolute atomic E-state index is 10.0. The number of aliphatic hydroxyl groups excluding tert-OH is 1. The van der Waals surface area contributed by atoms with Crippen molar-refractivity contribution in [2.75, 3.05) is 0 Å². The molecule has 0 amide bonds. The average Bonchev–Trinajstić information content (AvgIpc) is 2.59. The van der Waals surface area contributed by atoms with Gasteiger partial charge in [0.25, 0.3) is 0 Å². The zero-order chi connectivity index (χ0) is 21.6. The van der Waals surface area contributed by atoms with E-state index in [4.69, 9.17) is 10.4 Å². The standard InChI is InChI=1S/C21H31N.C5H8O2.Ir/c1-14(2)9-17-5-6-18-7-8-20(22-21(18)13-17)19-11-15(3)10-16(4)12-19;1-4(6)3-5(2)7;/h10-11,14,17-18,20-21H,5-9,13H2,1-4H3;3,6H,1-2H3;/q-2;;/b;4-3-;. The second kappa shape index (κ2) is 12.8. The number of nitrogens with zero attached hydrogens (tertiary/aromatic N) is 1. The predicted molar refractivity (Wildman–Crippen MR) is 121 cm³/mol. The molecule has 4 atom stereocenters. The Hall–Kier alpha value is -0.961. The quantitative estimate of drug-likeness (QED) is 0.230. The molecule has 2 fully saturated rings. The summed E-state index contributed by atoms with van der Waals surface area (Å²) >= 11 is 0. The molecule has 1 radical (unpaired) electrons. The Bertz CT molecular complexity index is 689. The van der Waals surface area contributed by atoms with Crippen LogP contribution in [0, 0.1) is 37.7 Å². The van der Waals surface area contributed by atoms with Crippen molar-refractivity contribution in [1.29, 1.82) is 0 Å². The van der Waals surface area contributed by atoms with Crippen molar-refractivity contribution in [3.63, 3.8) is 0 Å². The van der Waals surface area contributed by atoms with Gasteiger partial charge in [-0.2, -0.15) is 34.9 Å². The summed E-state index contributed by atoms with van der Waals surface area (Å²) in [7, 11) is 0. The predicted octanol–water partition coefficient (Wildman–Crippen LogP) is 7.18. The van der Waals surface area contributed by atoms with E-state index in [-0.39, 0.29) is 31.6 Å². The molecular formula is C26H39IrNO2-2. The monoisotopic (exact) mass is 590 g/mol. The number of fused-ring (bicyclic) bond motifs is 1. The fraction of sp³-hybridized carbons (Fsp3) is 0.654. The van der Waals surface area contributed by atoms with Gasteiger partial charge < -0.3 is 10.4 Å². The molecule has 171 valence electrons. The van der Waals surface area contributed by atoms with Gasteiger partial charge in [0.05, 0.1) is 5.76 Å². The number of piperidine rings is 1. The van der Waals surface area contributed by atoms with E-state index in [1.54, 1.807) is 0 Å². The summed E-state index contributed by atoms with van der Waals surface area (Å²) in [5, 5.41) is 13.6. The summed E-state index contributed by atoms with van der Waals surface area (Å²) in [6.45, 7) is 11.9. The van der Waals surface area contributed by atoms with Gasteiger partial charge in [0.1, 0.15) is 0 Å². The summed E-state index contributed by atoms with van der Waals surface area (Å²) in [4.78, 5) is 10.0. The minimum absolute atomic E-state index is 0. The van der Waals surface area contributed by atoms with Crippen molar-refractivity contribution < 1.29 is 30.0 Å². The van der Waals surface area contributed by atoms with Crippen LogP contribution >= 0.6 is 0 Å². The van der Waals surface area contributed by atoms with E-state index in [0.29, 0.717) is 12.1 Å². The number of ketones is 1. The number of rotatable bonds is 4. The molecule has 2 aliphatic rings. The normalized spacial score (nSPS) is 26.2. The molecule has 1 aromatic rings. The van der Waals surface area contributed by atoms with Gasteiger partial charge in [-0.3, -0.25) is 4.79 Å². The third-order valence-corrected chi connectivity index (χ3v) is 5.99. The number of hydrogen-bond acceptors (Lipinski definition) is 2. The van der Waals surface area contributed by atoms with Crippen LogP contribution in [0.1, 0.15) is 89.0 Å². The first-order chi connectivity index (χ1) is 13.6. The van der Waals surface area contributed by atoms with Gasteiger partial charge >= 0.3 is 0 Å². The van der Waals surface area contributed by atoms with Crippen LogP contribution in [0.5, 0.6) is 0 Å². The summed E-state index contributed by atoms with van der Waals surface area (Å²) in [6, 6.07) is 9.10. The van der Waals surface area contributed by atoms with Crippen molar-refractivity contribution in [2.45, 2.75) is 92.2 Å². The van der Waals surface area contributed by atoms with Gasteiger partial charge in [-0.1, -0.05) is 65.7 Å². The van der Waals surface area contributed by atoms with E-state index < -0.39 is 0 Å². The van der Waals surface area contributed by atoms with E-state index in [1.165, 1.54) is 75.1 Å². The summed E-state index contributed by atoms with van der Waals surface area (Å²) in [5.41, 5.74) is 3.94. The molecule has 1 saturated carbocycles. The third kappa shape index (κ3) is 9.04. The van der Waals surface area contributed by atoms with Crippen molar-refractivity contribution >= 4 is 5.78 Å². The van der Waals surface area contributed by atoms with Crippen molar-refractivity contribution in [3.8, 4) is 0 Å². The average molecular weight is 590 g/mol. The molecule has 1 aliphatic carbocycles. The number of aliphatic hydroxyl groups is 1. The second-order valence-corrected chi connectivity index (χ2v) is 9.57. The zero-order valence-corrected chi connectivity index (χ0v) is 21.9. The molecule has 1 aliphatic heterocycles. The van der Waals surface area contributed by atoms with Gasteiger partial charge in [-0.05, 0) is 32.1 Å². The topological polar surface area (TPSA) is 51.4 Å². The Balaban J connectivity index is 0.000000489. The minimum atomic E-state index is -0.125. The van der Waals surface area contributed by atoms with Gasteiger partial charge in [0, 0.05) is 26.2 Å². The Kier molecular flexibility index (Phi) is 11.5. The van der Waals surface area contributed by atoms with E-state index in [1.807, 2.05) is 0 Å². The molecule has 1 aromatic carbocycles. The number of carbonyl (C=O) groups excluding carboxylic acids is 1. The van der Waals surface area contributed by atoms with Gasteiger partial charge in [-0.25, -0.2) is 0 Å². The molecule has 0 aromatic heterocycles. The van der Waals surface area contributed by atoms with Gasteiger partial charge in [-0.15, -0.1) is 12.1 Å². The molecule has 0 bridgehead atoms. The molecule has 4 unspecified atom stereocenters. The number of hydrogen-bond donors (Lipinski definition) is 1. The Morgan fingerprint density at radius 1 is 1.20 bits per heavy atom. The Morgan fingerprint density at radius 3 is 2.40 bits per heavy atom. The molecule has 1 saturated heterocycles. The largest absolute Gasteiger partial charge is 0.654 e. The SMILES string of the molecule is CC(=O)/C=C(/C)O.Cc1[c-]c(C2CCC3CCC(CC(C)C)CC3[N-]2)cc(C)c1.[Ir]. The van der Waals surface area contributed by atoms with Crippen LogP contribution in [0.3, 0.4) is 0 Å². The molecule has 4 heteroatoms. The maximum Gasteiger partial charge on any atom is 0.155 e. The van der Waals surface area contributed by atoms with Crippen molar-refractivity contribution in [2.24, 2.45) is 17.8 Å². The number of benzene rings is 1. The Morgan fingerprint density at radius 2 is 1.87 bits per heavy atom. The van der Waals surface area contributed by atoms with E-state index in [9.17, 15) is 4.79 Å². The van der Waals surface area contributed by atoms with Crippen molar-refractivity contribution in [3.05, 3.63) is 52.0 Å². The van der Waals surface area contributed by atoms with E-state index in [0.717, 1.165) is 17.8 Å². The fourth-order valence-corrected chi connectivity index (χ4v) is 5.01. The van der Waals surface area contributed by atoms with Crippen LogP contribution in [-0.4, -0.2) is 16.9 Å². The first-order valence-electron chi connectivity index (χ1n) is 11.2. The summed E-state index contributed by atoms with van der Waals surface area (Å²) in [6.07, 6.45) is 9.34. The molecule has 1 N–H and O–H groups in total. The number of allylic oxidation sites excluding steroid dienone is 2. The molecule has 3 rings (SSSR count). The summed E-state index contributed by atoms with van der Waals surface area (Å²) < 4.78 is 0. The molecule has 3 nitrogen and oxygen atoms in total. The molecular weight excluding hydrogens is 551 g/mol. The van der Waals surface area contributed by atoms with Crippen LogP contribution < -0.4 is 0 Å². The third-order valence-electron chi connectivity index (χ3n) is 5.99. The molecule has 30 heavy (non-hydrogen) atoms. The zero-order valence-electron chi connectivity index (χ0n) is 19.5. The minimum Gasteiger partial charge on any atom is -0.654 e. The number of carbonyl (C=O) groups is 1. The van der Waals surface area contributed by atoms with Crippen molar-refractivity contribution in [1.82, 2.24) is 0 Å². The van der Waals surface area contributed by atoms with Crippen LogP contribution in [0.25, 0.3) is 5.32 Å². The van der Waals surface area contributed by atoms with Crippen LogP contribution in [-0.2, 0) is 24.9 Å². The number of aryl methyl sites for hydroxylation is 2. The molecule has 1 heterocycles. The summed E-state index contributed by atoms with van der Waals surface area (Å²) in [5.74, 6) is 2.54. The first-order valence-corrected chi connectivity index (χ1v) is 11.2.